The predicted octanol–water partition coefficient (Wildman–Crippen LogP) is 2.54. The zero-order valence-corrected chi connectivity index (χ0v) is 12.4. The van der Waals surface area contributed by atoms with Crippen LogP contribution in [0.2, 0.25) is 0 Å². The molecule has 0 bridgehead atoms. The van der Waals surface area contributed by atoms with Crippen LogP contribution in [0.25, 0.3) is 4.96 Å². The zero-order chi connectivity index (χ0) is 13.4. The summed E-state index contributed by atoms with van der Waals surface area (Å²) in [5.41, 5.74) is 5.90. The number of aromatic nitrogens is 4. The van der Waals surface area contributed by atoms with Crippen molar-refractivity contribution in [2.24, 2.45) is 11.7 Å². The van der Waals surface area contributed by atoms with E-state index in [1.807, 2.05) is 4.52 Å². The van der Waals surface area contributed by atoms with Crippen molar-refractivity contribution in [2.45, 2.75) is 51.4 Å². The Labute approximate surface area is 117 Å². The molecule has 0 amide bonds. The van der Waals surface area contributed by atoms with Crippen molar-refractivity contribution in [2.75, 3.05) is 6.54 Å². The highest BCUT2D eigenvalue weighted by Crippen LogP contribution is 2.36. The van der Waals surface area contributed by atoms with E-state index in [0.717, 1.165) is 22.2 Å². The molecule has 0 spiro atoms. The van der Waals surface area contributed by atoms with E-state index in [9.17, 15) is 0 Å². The molecule has 0 aromatic carbocycles. The van der Waals surface area contributed by atoms with Gasteiger partial charge in [0.1, 0.15) is 5.01 Å². The molecule has 0 radical (unpaired) electrons. The normalized spacial score (nSPS) is 18.1. The molecule has 2 N–H and O–H groups in total. The van der Waals surface area contributed by atoms with Crippen LogP contribution in [0.1, 0.15) is 62.2 Å². The van der Waals surface area contributed by atoms with Crippen LogP contribution in [-0.4, -0.2) is 26.4 Å². The lowest BCUT2D eigenvalue weighted by atomic mass is 9.85. The Morgan fingerprint density at radius 1 is 1.37 bits per heavy atom. The largest absolute Gasteiger partial charge is 0.330 e. The van der Waals surface area contributed by atoms with Gasteiger partial charge in [0.05, 0.1) is 0 Å². The lowest BCUT2D eigenvalue weighted by Crippen LogP contribution is -2.16. The van der Waals surface area contributed by atoms with Crippen LogP contribution in [0.4, 0.5) is 0 Å². The van der Waals surface area contributed by atoms with E-state index in [4.69, 9.17) is 10.8 Å². The van der Waals surface area contributed by atoms with Crippen LogP contribution in [0.3, 0.4) is 0 Å². The van der Waals surface area contributed by atoms with Gasteiger partial charge in [0.25, 0.3) is 0 Å². The second-order valence-electron chi connectivity index (χ2n) is 5.88. The fourth-order valence-electron chi connectivity index (χ4n) is 2.60. The first kappa shape index (κ1) is 13.0. The van der Waals surface area contributed by atoms with E-state index >= 15 is 0 Å². The van der Waals surface area contributed by atoms with Gasteiger partial charge < -0.3 is 5.73 Å². The average molecular weight is 279 g/mol. The predicted molar refractivity (Wildman–Crippen MR) is 76.5 cm³/mol. The molecule has 3 rings (SSSR count). The molecule has 5 nitrogen and oxygen atoms in total. The van der Waals surface area contributed by atoms with Gasteiger partial charge in [0.2, 0.25) is 4.96 Å². The Balaban J connectivity index is 1.90. The molecule has 2 heterocycles. The van der Waals surface area contributed by atoms with Crippen molar-refractivity contribution in [3.05, 3.63) is 10.8 Å². The summed E-state index contributed by atoms with van der Waals surface area (Å²) in [4.78, 5) is 0.916. The summed E-state index contributed by atoms with van der Waals surface area (Å²) in [5, 5.41) is 14.4. The SMILES string of the molecule is CC(C)CC(CN)c1nn2c(C3CCC3)nnc2s1. The van der Waals surface area contributed by atoms with Gasteiger partial charge in [-0.05, 0) is 25.2 Å². The van der Waals surface area contributed by atoms with Gasteiger partial charge in [-0.15, -0.1) is 10.2 Å². The van der Waals surface area contributed by atoms with Gasteiger partial charge in [-0.25, -0.2) is 0 Å². The zero-order valence-electron chi connectivity index (χ0n) is 11.5. The molecule has 1 atom stereocenters. The minimum absolute atomic E-state index is 0.348. The summed E-state index contributed by atoms with van der Waals surface area (Å²) in [6.45, 7) is 5.10. The number of nitrogens with zero attached hydrogens (tertiary/aromatic N) is 4. The molecule has 104 valence electrons. The van der Waals surface area contributed by atoms with Crippen molar-refractivity contribution < 1.29 is 0 Å². The highest BCUT2D eigenvalue weighted by Gasteiger charge is 2.27. The molecule has 2 aromatic heterocycles. The molecule has 1 fully saturated rings. The van der Waals surface area contributed by atoms with Crippen molar-refractivity contribution in [3.63, 3.8) is 0 Å². The Hall–Kier alpha value is -1.01. The Morgan fingerprint density at radius 3 is 2.74 bits per heavy atom. The summed E-state index contributed by atoms with van der Waals surface area (Å²) in [6.07, 6.45) is 4.83. The molecule has 1 unspecified atom stereocenters. The molecule has 1 aliphatic rings. The standard InChI is InChI=1S/C13H21N5S/c1-8(2)6-10(7-14)12-17-18-11(9-4-3-5-9)15-16-13(18)19-12/h8-10H,3-7,14H2,1-2H3. The molecular weight excluding hydrogens is 258 g/mol. The fraction of sp³-hybridized carbons (Fsp3) is 0.769. The molecule has 19 heavy (non-hydrogen) atoms. The lowest BCUT2D eigenvalue weighted by molar-refractivity contribution is 0.394. The van der Waals surface area contributed by atoms with Crippen LogP contribution in [0.15, 0.2) is 0 Å². The Kier molecular flexibility index (Phi) is 3.54. The fourth-order valence-corrected chi connectivity index (χ4v) is 3.57. The van der Waals surface area contributed by atoms with E-state index in [0.29, 0.717) is 24.3 Å². The van der Waals surface area contributed by atoms with E-state index in [1.54, 1.807) is 11.3 Å². The summed E-state index contributed by atoms with van der Waals surface area (Å²) in [6, 6.07) is 0. The summed E-state index contributed by atoms with van der Waals surface area (Å²) < 4.78 is 1.95. The molecule has 1 saturated carbocycles. The second kappa shape index (κ2) is 5.17. The van der Waals surface area contributed by atoms with Crippen molar-refractivity contribution in [1.29, 1.82) is 0 Å². The van der Waals surface area contributed by atoms with Crippen molar-refractivity contribution >= 4 is 16.3 Å². The summed E-state index contributed by atoms with van der Waals surface area (Å²) in [7, 11) is 0. The van der Waals surface area contributed by atoms with Crippen molar-refractivity contribution in [3.8, 4) is 0 Å². The van der Waals surface area contributed by atoms with Crippen LogP contribution in [-0.2, 0) is 0 Å². The molecule has 0 saturated heterocycles. The summed E-state index contributed by atoms with van der Waals surface area (Å²) >= 11 is 1.64. The molecule has 6 heteroatoms. The first-order valence-corrected chi connectivity index (χ1v) is 7.92. The number of hydrogen-bond acceptors (Lipinski definition) is 5. The van der Waals surface area contributed by atoms with E-state index in [1.165, 1.54) is 19.3 Å². The maximum atomic E-state index is 5.90. The molecule has 2 aromatic rings. The van der Waals surface area contributed by atoms with Gasteiger partial charge in [0, 0.05) is 18.4 Å². The van der Waals surface area contributed by atoms with Crippen molar-refractivity contribution in [1.82, 2.24) is 19.8 Å². The van der Waals surface area contributed by atoms with Crippen LogP contribution < -0.4 is 5.73 Å². The third-order valence-corrected chi connectivity index (χ3v) is 4.95. The second-order valence-corrected chi connectivity index (χ2v) is 6.87. The van der Waals surface area contributed by atoms with Crippen LogP contribution in [0, 0.1) is 5.92 Å². The van der Waals surface area contributed by atoms with E-state index in [2.05, 4.69) is 24.0 Å². The van der Waals surface area contributed by atoms with Gasteiger partial charge >= 0.3 is 0 Å². The van der Waals surface area contributed by atoms with Gasteiger partial charge in [-0.1, -0.05) is 31.6 Å². The van der Waals surface area contributed by atoms with Crippen LogP contribution in [0.5, 0.6) is 0 Å². The third-order valence-electron chi connectivity index (χ3n) is 3.89. The maximum Gasteiger partial charge on any atom is 0.234 e. The van der Waals surface area contributed by atoms with Crippen LogP contribution >= 0.6 is 11.3 Å². The average Bonchev–Trinajstić information content (AvgIpc) is 2.85. The molecular formula is C13H21N5S. The number of rotatable bonds is 5. The van der Waals surface area contributed by atoms with E-state index < -0.39 is 0 Å². The Bertz CT molecular complexity index is 554. The van der Waals surface area contributed by atoms with E-state index in [-0.39, 0.29) is 0 Å². The minimum atomic E-state index is 0.348. The number of nitrogens with two attached hydrogens (primary N) is 1. The maximum absolute atomic E-state index is 5.90. The smallest absolute Gasteiger partial charge is 0.234 e. The number of hydrogen-bond donors (Lipinski definition) is 1. The first-order chi connectivity index (χ1) is 9.19. The number of fused-ring (bicyclic) bond motifs is 1. The Morgan fingerprint density at radius 2 is 2.16 bits per heavy atom. The quantitative estimate of drug-likeness (QED) is 0.913. The first-order valence-electron chi connectivity index (χ1n) is 7.11. The highest BCUT2D eigenvalue weighted by molar-refractivity contribution is 7.16. The monoisotopic (exact) mass is 279 g/mol. The third kappa shape index (κ3) is 2.39. The minimum Gasteiger partial charge on any atom is -0.330 e. The molecule has 1 aliphatic carbocycles. The van der Waals surface area contributed by atoms with Gasteiger partial charge in [-0.3, -0.25) is 0 Å². The summed E-state index contributed by atoms with van der Waals surface area (Å²) in [5.74, 6) is 2.59. The molecule has 0 aliphatic heterocycles. The topological polar surface area (TPSA) is 69.1 Å². The van der Waals surface area contributed by atoms with Gasteiger partial charge in [0.15, 0.2) is 5.82 Å². The highest BCUT2D eigenvalue weighted by atomic mass is 32.1. The van der Waals surface area contributed by atoms with Gasteiger partial charge in [-0.2, -0.15) is 9.61 Å². The lowest BCUT2D eigenvalue weighted by Gasteiger charge is -2.22.